The van der Waals surface area contributed by atoms with Crippen LogP contribution in [0.4, 0.5) is 0 Å². The van der Waals surface area contributed by atoms with E-state index in [0.717, 1.165) is 11.1 Å². The number of nitrogens with one attached hydrogen (secondary N) is 2. The number of rotatable bonds is 9. The molecule has 0 radical (unpaired) electrons. The number of benzene rings is 3. The molecule has 0 unspecified atom stereocenters. The van der Waals surface area contributed by atoms with Crippen molar-refractivity contribution in [3.63, 3.8) is 0 Å². The van der Waals surface area contributed by atoms with Crippen LogP contribution in [0.25, 0.3) is 0 Å². The van der Waals surface area contributed by atoms with Gasteiger partial charge in [-0.3, -0.25) is 14.4 Å². The van der Waals surface area contributed by atoms with Gasteiger partial charge in [0.2, 0.25) is 6.79 Å². The van der Waals surface area contributed by atoms with Gasteiger partial charge >= 0.3 is 5.97 Å². The van der Waals surface area contributed by atoms with Crippen LogP contribution in [0.3, 0.4) is 0 Å². The molecule has 34 heavy (non-hydrogen) atoms. The molecule has 0 saturated heterocycles. The summed E-state index contributed by atoms with van der Waals surface area (Å²) in [7, 11) is 0. The number of ether oxygens (including phenoxy) is 3. The van der Waals surface area contributed by atoms with Gasteiger partial charge in [-0.15, -0.1) is 0 Å². The zero-order chi connectivity index (χ0) is 23.8. The zero-order valence-electron chi connectivity index (χ0n) is 18.4. The summed E-state index contributed by atoms with van der Waals surface area (Å²) in [6.45, 7) is 0.0151. The van der Waals surface area contributed by atoms with Gasteiger partial charge in [0.1, 0.15) is 0 Å². The summed E-state index contributed by atoms with van der Waals surface area (Å²) in [5.41, 5.74) is 2.08. The van der Waals surface area contributed by atoms with Gasteiger partial charge in [0.25, 0.3) is 11.8 Å². The molecule has 8 nitrogen and oxygen atoms in total. The minimum atomic E-state index is -0.599. The number of carbonyl (C=O) groups is 3. The molecule has 3 aromatic carbocycles. The lowest BCUT2D eigenvalue weighted by molar-refractivity contribution is -0.149. The average molecular weight is 460 g/mol. The number of hydrogen-bond donors (Lipinski definition) is 2. The largest absolute Gasteiger partial charge is 0.456 e. The Morgan fingerprint density at radius 1 is 0.882 bits per heavy atom. The summed E-state index contributed by atoms with van der Waals surface area (Å²) >= 11 is 0. The topological polar surface area (TPSA) is 103 Å². The molecule has 4 rings (SSSR count). The van der Waals surface area contributed by atoms with Crippen molar-refractivity contribution < 1.29 is 28.6 Å². The zero-order valence-corrected chi connectivity index (χ0v) is 18.4. The van der Waals surface area contributed by atoms with E-state index >= 15 is 0 Å². The highest BCUT2D eigenvalue weighted by molar-refractivity contribution is 5.94. The van der Waals surface area contributed by atoms with Crippen LogP contribution in [0.2, 0.25) is 0 Å². The van der Waals surface area contributed by atoms with E-state index < -0.39 is 24.5 Å². The smallest absolute Gasteiger partial charge is 0.308 e. The summed E-state index contributed by atoms with van der Waals surface area (Å²) in [6, 6.07) is 22.7. The Morgan fingerprint density at radius 2 is 1.59 bits per heavy atom. The lowest BCUT2D eigenvalue weighted by Crippen LogP contribution is -2.32. The lowest BCUT2D eigenvalue weighted by Gasteiger charge is -2.19. The second-order valence-corrected chi connectivity index (χ2v) is 7.63. The first-order valence-corrected chi connectivity index (χ1v) is 10.8. The molecule has 0 saturated carbocycles. The molecule has 1 aliphatic rings. The molecule has 0 fully saturated rings. The molecular weight excluding hydrogens is 436 g/mol. The molecule has 0 spiro atoms. The second-order valence-electron chi connectivity index (χ2n) is 7.63. The highest BCUT2D eigenvalue weighted by atomic mass is 16.7. The third-order valence-corrected chi connectivity index (χ3v) is 5.20. The van der Waals surface area contributed by atoms with Gasteiger partial charge in [0.05, 0.1) is 12.5 Å². The van der Waals surface area contributed by atoms with Crippen molar-refractivity contribution in [2.75, 3.05) is 13.4 Å². The summed E-state index contributed by atoms with van der Waals surface area (Å²) < 4.78 is 15.7. The third kappa shape index (κ3) is 6.13. The molecule has 1 heterocycles. The van der Waals surface area contributed by atoms with Gasteiger partial charge in [0, 0.05) is 12.1 Å². The monoisotopic (exact) mass is 460 g/mol. The number of carbonyl (C=O) groups excluding carboxylic acids is 3. The molecule has 8 heteroatoms. The molecule has 1 aliphatic heterocycles. The molecular formula is C26H24N2O6. The fourth-order valence-electron chi connectivity index (χ4n) is 3.44. The van der Waals surface area contributed by atoms with Crippen molar-refractivity contribution in [1.82, 2.24) is 10.6 Å². The van der Waals surface area contributed by atoms with Gasteiger partial charge in [-0.1, -0.05) is 54.6 Å². The fourth-order valence-corrected chi connectivity index (χ4v) is 3.44. The van der Waals surface area contributed by atoms with Crippen LogP contribution in [-0.2, 0) is 20.9 Å². The number of hydrogen-bond acceptors (Lipinski definition) is 6. The van der Waals surface area contributed by atoms with E-state index in [1.54, 1.807) is 36.4 Å². The summed E-state index contributed by atoms with van der Waals surface area (Å²) in [5.74, 6) is -0.0428. The molecule has 0 aromatic heterocycles. The maximum atomic E-state index is 12.6. The first-order valence-electron chi connectivity index (χ1n) is 10.8. The molecule has 3 aromatic rings. The standard InChI is InChI=1S/C26H24N2O6/c29-24(27-15-18-11-12-22-23(13-18)34-17-33-22)16-32-25(30)14-21(19-7-3-1-4-8-19)28-26(31)20-9-5-2-6-10-20/h1-13,21H,14-17H2,(H,27,29)(H,28,31)/t21-/m0/s1. The molecule has 0 aliphatic carbocycles. The number of amides is 2. The van der Waals surface area contributed by atoms with Crippen molar-refractivity contribution in [2.24, 2.45) is 0 Å². The van der Waals surface area contributed by atoms with Gasteiger partial charge in [-0.25, -0.2) is 0 Å². The van der Waals surface area contributed by atoms with E-state index in [0.29, 0.717) is 17.1 Å². The predicted molar refractivity (Wildman–Crippen MR) is 123 cm³/mol. The average Bonchev–Trinajstić information content (AvgIpc) is 3.35. The normalized spacial score (nSPS) is 12.5. The van der Waals surface area contributed by atoms with E-state index in [1.807, 2.05) is 42.5 Å². The summed E-state index contributed by atoms with van der Waals surface area (Å²) in [6.07, 6.45) is -0.113. The Hall–Kier alpha value is -4.33. The number of esters is 1. The van der Waals surface area contributed by atoms with E-state index in [2.05, 4.69) is 10.6 Å². The molecule has 0 bridgehead atoms. The van der Waals surface area contributed by atoms with Gasteiger partial charge in [-0.05, 0) is 35.4 Å². The van der Waals surface area contributed by atoms with Crippen LogP contribution in [0.5, 0.6) is 11.5 Å². The Labute approximate surface area is 196 Å². The van der Waals surface area contributed by atoms with Gasteiger partial charge in [-0.2, -0.15) is 0 Å². The molecule has 2 amide bonds. The van der Waals surface area contributed by atoms with Crippen LogP contribution in [0.1, 0.15) is 33.9 Å². The van der Waals surface area contributed by atoms with Crippen LogP contribution in [-0.4, -0.2) is 31.2 Å². The van der Waals surface area contributed by atoms with Crippen LogP contribution < -0.4 is 20.1 Å². The maximum absolute atomic E-state index is 12.6. The Bertz CT molecular complexity index is 1150. The highest BCUT2D eigenvalue weighted by Gasteiger charge is 2.21. The van der Waals surface area contributed by atoms with Crippen molar-refractivity contribution in [2.45, 2.75) is 19.0 Å². The Balaban J connectivity index is 1.29. The highest BCUT2D eigenvalue weighted by Crippen LogP contribution is 2.32. The molecule has 174 valence electrons. The summed E-state index contributed by atoms with van der Waals surface area (Å²) in [5, 5.41) is 5.57. The van der Waals surface area contributed by atoms with Crippen LogP contribution in [0.15, 0.2) is 78.9 Å². The van der Waals surface area contributed by atoms with E-state index in [-0.39, 0.29) is 25.7 Å². The molecule has 2 N–H and O–H groups in total. The first-order chi connectivity index (χ1) is 16.6. The van der Waals surface area contributed by atoms with Crippen molar-refractivity contribution >= 4 is 17.8 Å². The number of fused-ring (bicyclic) bond motifs is 1. The first kappa shape index (κ1) is 22.8. The van der Waals surface area contributed by atoms with Crippen LogP contribution >= 0.6 is 0 Å². The van der Waals surface area contributed by atoms with Crippen molar-refractivity contribution in [1.29, 1.82) is 0 Å². The second kappa shape index (κ2) is 11.0. The van der Waals surface area contributed by atoms with E-state index in [4.69, 9.17) is 14.2 Å². The Kier molecular flexibility index (Phi) is 7.39. The summed E-state index contributed by atoms with van der Waals surface area (Å²) in [4.78, 5) is 37.2. The lowest BCUT2D eigenvalue weighted by atomic mass is 10.0. The quantitative estimate of drug-likeness (QED) is 0.476. The fraction of sp³-hybridized carbons (Fsp3) is 0.192. The minimum absolute atomic E-state index is 0.113. The van der Waals surface area contributed by atoms with E-state index in [9.17, 15) is 14.4 Å². The maximum Gasteiger partial charge on any atom is 0.308 e. The van der Waals surface area contributed by atoms with E-state index in [1.165, 1.54) is 0 Å². The van der Waals surface area contributed by atoms with Gasteiger partial charge in [0.15, 0.2) is 18.1 Å². The van der Waals surface area contributed by atoms with Crippen LogP contribution in [0, 0.1) is 0 Å². The van der Waals surface area contributed by atoms with Crippen molar-refractivity contribution in [3.05, 3.63) is 95.6 Å². The SMILES string of the molecule is O=C(COC(=O)C[C@H](NC(=O)c1ccccc1)c1ccccc1)NCc1ccc2c(c1)OCO2. The predicted octanol–water partition coefficient (Wildman–Crippen LogP) is 3.14. The van der Waals surface area contributed by atoms with Gasteiger partial charge < -0.3 is 24.8 Å². The Morgan fingerprint density at radius 3 is 2.35 bits per heavy atom. The molecule has 1 atom stereocenters. The van der Waals surface area contributed by atoms with Crippen molar-refractivity contribution in [3.8, 4) is 11.5 Å². The third-order valence-electron chi connectivity index (χ3n) is 5.20. The minimum Gasteiger partial charge on any atom is -0.456 e.